The van der Waals surface area contributed by atoms with Crippen molar-refractivity contribution in [1.82, 2.24) is 4.98 Å². The van der Waals surface area contributed by atoms with Crippen LogP contribution in [0.15, 0.2) is 24.4 Å². The van der Waals surface area contributed by atoms with Gasteiger partial charge in [-0.15, -0.1) is 0 Å². The Morgan fingerprint density at radius 2 is 1.65 bits per heavy atom. The summed E-state index contributed by atoms with van der Waals surface area (Å²) >= 11 is 23.8. The largest absolute Gasteiger partial charge is 0.382 e. The van der Waals surface area contributed by atoms with Crippen molar-refractivity contribution in [2.75, 3.05) is 5.73 Å². The zero-order valence-corrected chi connectivity index (χ0v) is 11.4. The predicted molar refractivity (Wildman–Crippen MR) is 74.1 cm³/mol. The number of halogens is 4. The molecule has 88 valence electrons. The van der Waals surface area contributed by atoms with Crippen LogP contribution in [0.5, 0.6) is 0 Å². The molecule has 0 radical (unpaired) electrons. The van der Waals surface area contributed by atoms with Crippen LogP contribution in [0.4, 0.5) is 5.82 Å². The van der Waals surface area contributed by atoms with Gasteiger partial charge in [-0.2, -0.15) is 0 Å². The van der Waals surface area contributed by atoms with Crippen molar-refractivity contribution in [3.63, 3.8) is 0 Å². The van der Waals surface area contributed by atoms with Crippen molar-refractivity contribution in [3.8, 4) is 11.1 Å². The monoisotopic (exact) mass is 306 g/mol. The molecule has 0 unspecified atom stereocenters. The van der Waals surface area contributed by atoms with Crippen molar-refractivity contribution < 1.29 is 0 Å². The minimum absolute atomic E-state index is 0.270. The topological polar surface area (TPSA) is 38.9 Å². The standard InChI is InChI=1S/C11H6Cl4N2/c12-7-2-1-6(9(14)10(7)15)5-3-8(13)11(16)17-4-5/h1-4H,(H2,16,17). The summed E-state index contributed by atoms with van der Waals surface area (Å²) in [6, 6.07) is 5.09. The van der Waals surface area contributed by atoms with Gasteiger partial charge in [0.15, 0.2) is 0 Å². The second-order valence-corrected chi connectivity index (χ2v) is 4.88. The van der Waals surface area contributed by atoms with Crippen LogP contribution < -0.4 is 5.73 Å². The number of benzene rings is 1. The normalized spacial score (nSPS) is 10.6. The second-order valence-electron chi connectivity index (χ2n) is 3.31. The van der Waals surface area contributed by atoms with Gasteiger partial charge in [0.1, 0.15) is 5.82 Å². The molecule has 2 nitrogen and oxygen atoms in total. The third kappa shape index (κ3) is 2.45. The average Bonchev–Trinajstić information content (AvgIpc) is 2.30. The number of hydrogen-bond donors (Lipinski definition) is 1. The first-order chi connectivity index (χ1) is 8.00. The number of anilines is 1. The average molecular weight is 308 g/mol. The Labute approximate surface area is 118 Å². The van der Waals surface area contributed by atoms with Crippen LogP contribution in [0.1, 0.15) is 0 Å². The van der Waals surface area contributed by atoms with E-state index in [-0.39, 0.29) is 5.82 Å². The maximum atomic E-state index is 6.11. The van der Waals surface area contributed by atoms with Gasteiger partial charge in [-0.05, 0) is 12.1 Å². The first-order valence-corrected chi connectivity index (χ1v) is 6.06. The lowest BCUT2D eigenvalue weighted by Gasteiger charge is -2.08. The highest BCUT2D eigenvalue weighted by atomic mass is 35.5. The van der Waals surface area contributed by atoms with Gasteiger partial charge in [-0.3, -0.25) is 0 Å². The molecule has 2 N–H and O–H groups in total. The molecule has 1 aromatic heterocycles. The number of nitrogens with zero attached hydrogens (tertiary/aromatic N) is 1. The number of hydrogen-bond acceptors (Lipinski definition) is 2. The van der Waals surface area contributed by atoms with Gasteiger partial charge in [0.2, 0.25) is 0 Å². The molecule has 0 aliphatic carbocycles. The van der Waals surface area contributed by atoms with E-state index in [0.717, 1.165) is 5.56 Å². The highest BCUT2D eigenvalue weighted by molar-refractivity contribution is 6.49. The molecule has 1 aromatic carbocycles. The maximum absolute atomic E-state index is 6.11. The van der Waals surface area contributed by atoms with Crippen molar-refractivity contribution in [2.24, 2.45) is 0 Å². The molecule has 0 bridgehead atoms. The molecule has 0 aliphatic heterocycles. The SMILES string of the molecule is Nc1ncc(-c2ccc(Cl)c(Cl)c2Cl)cc1Cl. The van der Waals surface area contributed by atoms with Crippen molar-refractivity contribution >= 4 is 52.2 Å². The fourth-order valence-corrected chi connectivity index (χ4v) is 2.16. The van der Waals surface area contributed by atoms with Crippen molar-refractivity contribution in [3.05, 3.63) is 44.5 Å². The summed E-state index contributed by atoms with van der Waals surface area (Å²) in [6.07, 6.45) is 1.58. The minimum atomic E-state index is 0.270. The summed E-state index contributed by atoms with van der Waals surface area (Å²) in [7, 11) is 0. The van der Waals surface area contributed by atoms with Gasteiger partial charge in [0, 0.05) is 17.3 Å². The number of nitrogen functional groups attached to an aromatic ring is 1. The zero-order valence-electron chi connectivity index (χ0n) is 8.35. The summed E-state index contributed by atoms with van der Waals surface area (Å²) in [5.74, 6) is 0.270. The van der Waals surface area contributed by atoms with Crippen LogP contribution in [0, 0.1) is 0 Å². The molecule has 0 fully saturated rings. The van der Waals surface area contributed by atoms with Crippen molar-refractivity contribution in [1.29, 1.82) is 0 Å². The molecule has 6 heteroatoms. The van der Waals surface area contributed by atoms with Gasteiger partial charge in [0.25, 0.3) is 0 Å². The van der Waals surface area contributed by atoms with Crippen LogP contribution in [0.25, 0.3) is 11.1 Å². The summed E-state index contributed by atoms with van der Waals surface area (Å²) in [4.78, 5) is 3.96. The smallest absolute Gasteiger partial charge is 0.142 e. The number of nitrogens with two attached hydrogens (primary N) is 1. The molecule has 1 heterocycles. The molecule has 0 aliphatic rings. The van der Waals surface area contributed by atoms with Gasteiger partial charge < -0.3 is 5.73 Å². The zero-order chi connectivity index (χ0) is 12.6. The summed E-state index contributed by atoms with van der Waals surface area (Å²) < 4.78 is 0. The molecule has 2 rings (SSSR count). The molecular weight excluding hydrogens is 302 g/mol. The van der Waals surface area contributed by atoms with E-state index in [1.54, 1.807) is 24.4 Å². The van der Waals surface area contributed by atoms with E-state index < -0.39 is 0 Å². The van der Waals surface area contributed by atoms with Gasteiger partial charge in [-0.25, -0.2) is 4.98 Å². The molecule has 17 heavy (non-hydrogen) atoms. The van der Waals surface area contributed by atoms with Gasteiger partial charge in [0.05, 0.1) is 20.1 Å². The lowest BCUT2D eigenvalue weighted by Crippen LogP contribution is -1.92. The maximum Gasteiger partial charge on any atom is 0.142 e. The lowest BCUT2D eigenvalue weighted by molar-refractivity contribution is 1.34. The van der Waals surface area contributed by atoms with E-state index in [1.165, 1.54) is 0 Å². The molecule has 0 atom stereocenters. The Morgan fingerprint density at radius 1 is 0.941 bits per heavy atom. The van der Waals surface area contributed by atoms with Gasteiger partial charge >= 0.3 is 0 Å². The first-order valence-electron chi connectivity index (χ1n) is 4.55. The number of pyridine rings is 1. The van der Waals surface area contributed by atoms with Crippen LogP contribution in [0.3, 0.4) is 0 Å². The Balaban J connectivity index is 2.61. The van der Waals surface area contributed by atoms with Crippen LogP contribution in [0.2, 0.25) is 20.1 Å². The quantitative estimate of drug-likeness (QED) is 0.757. The summed E-state index contributed by atoms with van der Waals surface area (Å²) in [5.41, 5.74) is 6.97. The molecule has 0 spiro atoms. The number of rotatable bonds is 1. The fraction of sp³-hybridized carbons (Fsp3) is 0. The Bertz CT molecular complexity index is 584. The van der Waals surface area contributed by atoms with Gasteiger partial charge in [-0.1, -0.05) is 52.5 Å². The third-order valence-electron chi connectivity index (χ3n) is 2.22. The summed E-state index contributed by atoms with van der Waals surface area (Å²) in [6.45, 7) is 0. The van der Waals surface area contributed by atoms with E-state index >= 15 is 0 Å². The molecule has 2 aromatic rings. The molecule has 0 saturated carbocycles. The minimum Gasteiger partial charge on any atom is -0.382 e. The lowest BCUT2D eigenvalue weighted by atomic mass is 10.1. The van der Waals surface area contributed by atoms with E-state index in [1.807, 2.05) is 0 Å². The predicted octanol–water partition coefficient (Wildman–Crippen LogP) is 4.94. The van der Waals surface area contributed by atoms with Crippen molar-refractivity contribution in [2.45, 2.75) is 0 Å². The Hall–Kier alpha value is -0.670. The Morgan fingerprint density at radius 3 is 2.29 bits per heavy atom. The molecule has 0 saturated heterocycles. The van der Waals surface area contributed by atoms with Crippen LogP contribution in [-0.4, -0.2) is 4.98 Å². The van der Waals surface area contributed by atoms with E-state index in [4.69, 9.17) is 52.1 Å². The van der Waals surface area contributed by atoms with E-state index in [0.29, 0.717) is 25.7 Å². The third-order valence-corrected chi connectivity index (χ3v) is 3.81. The molecular formula is C11H6Cl4N2. The summed E-state index contributed by atoms with van der Waals surface area (Å²) in [5, 5.41) is 1.43. The number of aromatic nitrogens is 1. The Kier molecular flexibility index (Phi) is 3.69. The van der Waals surface area contributed by atoms with E-state index in [2.05, 4.69) is 4.98 Å². The van der Waals surface area contributed by atoms with Crippen LogP contribution >= 0.6 is 46.4 Å². The first kappa shape index (κ1) is 12.8. The van der Waals surface area contributed by atoms with Crippen LogP contribution in [-0.2, 0) is 0 Å². The fourth-order valence-electron chi connectivity index (χ4n) is 1.34. The second kappa shape index (κ2) is 4.91. The van der Waals surface area contributed by atoms with E-state index in [9.17, 15) is 0 Å². The highest BCUT2D eigenvalue weighted by Crippen LogP contribution is 2.38. The molecule has 0 amide bonds. The highest BCUT2D eigenvalue weighted by Gasteiger charge is 2.11.